The summed E-state index contributed by atoms with van der Waals surface area (Å²) in [5.41, 5.74) is 8.28. The Morgan fingerprint density at radius 3 is 2.65 bits per heavy atom. The third-order valence-electron chi connectivity index (χ3n) is 2.96. The molecule has 0 saturated carbocycles. The highest BCUT2D eigenvalue weighted by molar-refractivity contribution is 6.29. The molecule has 1 aromatic carbocycles. The molecule has 0 aliphatic rings. The number of nitrogens with zero attached hydrogens (tertiary/aromatic N) is 1. The predicted molar refractivity (Wildman–Crippen MR) is 80.6 cm³/mol. The third kappa shape index (κ3) is 3.79. The maximum Gasteiger partial charge on any atom is 0.226 e. The first-order chi connectivity index (χ1) is 9.56. The molecule has 1 aromatic heterocycles. The molecule has 104 valence electrons. The molecular weight excluding hydrogens is 274 g/mol. The van der Waals surface area contributed by atoms with Crippen LogP contribution in [0.2, 0.25) is 5.15 Å². The van der Waals surface area contributed by atoms with Crippen LogP contribution < -0.4 is 11.1 Å². The maximum absolute atomic E-state index is 12.0. The Labute approximate surface area is 123 Å². The van der Waals surface area contributed by atoms with Crippen LogP contribution in [-0.2, 0) is 4.79 Å². The molecule has 0 aliphatic heterocycles. The van der Waals surface area contributed by atoms with E-state index in [1.165, 1.54) is 0 Å². The number of aromatic nitrogens is 1. The quantitative estimate of drug-likeness (QED) is 0.850. The number of nitrogens with two attached hydrogens (primary N) is 1. The monoisotopic (exact) mass is 289 g/mol. The summed E-state index contributed by atoms with van der Waals surface area (Å²) in [4.78, 5) is 16.1. The second-order valence-corrected chi connectivity index (χ2v) is 4.92. The van der Waals surface area contributed by atoms with E-state index >= 15 is 0 Å². The van der Waals surface area contributed by atoms with Gasteiger partial charge in [-0.25, -0.2) is 4.98 Å². The van der Waals surface area contributed by atoms with Crippen LogP contribution in [-0.4, -0.2) is 10.9 Å². The summed E-state index contributed by atoms with van der Waals surface area (Å²) in [5.74, 6) is -0.145. The van der Waals surface area contributed by atoms with Gasteiger partial charge in [0.2, 0.25) is 5.91 Å². The van der Waals surface area contributed by atoms with Gasteiger partial charge in [-0.3, -0.25) is 4.79 Å². The van der Waals surface area contributed by atoms with Gasteiger partial charge < -0.3 is 11.1 Å². The Morgan fingerprint density at radius 2 is 2.00 bits per heavy atom. The van der Waals surface area contributed by atoms with E-state index in [1.807, 2.05) is 30.3 Å². The standard InChI is InChI=1S/C15H16ClN3O/c1-10-13(7-8-14(16)18-10)19-15(20)9-12(17)11-5-3-2-4-6-11/h2-8,12H,9,17H2,1H3,(H,19,20). The van der Waals surface area contributed by atoms with Crippen molar-refractivity contribution in [3.05, 3.63) is 58.9 Å². The highest BCUT2D eigenvalue weighted by Gasteiger charge is 2.12. The zero-order valence-electron chi connectivity index (χ0n) is 11.1. The average molecular weight is 290 g/mol. The van der Waals surface area contributed by atoms with Gasteiger partial charge in [-0.15, -0.1) is 0 Å². The number of pyridine rings is 1. The SMILES string of the molecule is Cc1nc(Cl)ccc1NC(=O)CC(N)c1ccccc1. The number of rotatable bonds is 4. The van der Waals surface area contributed by atoms with Crippen LogP contribution in [0.15, 0.2) is 42.5 Å². The summed E-state index contributed by atoms with van der Waals surface area (Å²) in [5, 5.41) is 3.20. The lowest BCUT2D eigenvalue weighted by molar-refractivity contribution is -0.116. The lowest BCUT2D eigenvalue weighted by atomic mass is 10.0. The molecule has 1 atom stereocenters. The highest BCUT2D eigenvalue weighted by Crippen LogP contribution is 2.18. The third-order valence-corrected chi connectivity index (χ3v) is 3.17. The fourth-order valence-corrected chi connectivity index (χ4v) is 2.07. The van der Waals surface area contributed by atoms with E-state index < -0.39 is 0 Å². The lowest BCUT2D eigenvalue weighted by Crippen LogP contribution is -2.21. The molecular formula is C15H16ClN3O. The summed E-state index contributed by atoms with van der Waals surface area (Å²) < 4.78 is 0. The first-order valence-electron chi connectivity index (χ1n) is 6.30. The topological polar surface area (TPSA) is 68.0 Å². The van der Waals surface area contributed by atoms with E-state index in [0.29, 0.717) is 16.5 Å². The van der Waals surface area contributed by atoms with E-state index in [9.17, 15) is 4.79 Å². The van der Waals surface area contributed by atoms with Crippen LogP contribution in [0, 0.1) is 6.92 Å². The molecule has 4 nitrogen and oxygen atoms in total. The Hall–Kier alpha value is -1.91. The van der Waals surface area contributed by atoms with E-state index in [-0.39, 0.29) is 18.4 Å². The number of hydrogen-bond acceptors (Lipinski definition) is 3. The largest absolute Gasteiger partial charge is 0.324 e. The number of carbonyl (C=O) groups is 1. The second-order valence-electron chi connectivity index (χ2n) is 4.54. The zero-order chi connectivity index (χ0) is 14.5. The first kappa shape index (κ1) is 14.5. The number of aryl methyl sites for hydroxylation is 1. The number of benzene rings is 1. The van der Waals surface area contributed by atoms with Gasteiger partial charge in [-0.05, 0) is 24.6 Å². The van der Waals surface area contributed by atoms with Crippen molar-refractivity contribution >= 4 is 23.2 Å². The lowest BCUT2D eigenvalue weighted by Gasteiger charge is -2.13. The molecule has 0 radical (unpaired) electrons. The van der Waals surface area contributed by atoms with Crippen LogP contribution in [0.25, 0.3) is 0 Å². The molecule has 0 fully saturated rings. The summed E-state index contributed by atoms with van der Waals surface area (Å²) in [7, 11) is 0. The zero-order valence-corrected chi connectivity index (χ0v) is 11.9. The van der Waals surface area contributed by atoms with Crippen molar-refractivity contribution in [2.45, 2.75) is 19.4 Å². The van der Waals surface area contributed by atoms with Crippen molar-refractivity contribution in [3.8, 4) is 0 Å². The van der Waals surface area contributed by atoms with Crippen molar-refractivity contribution in [1.29, 1.82) is 0 Å². The minimum atomic E-state index is -0.322. The molecule has 0 saturated heterocycles. The van der Waals surface area contributed by atoms with Crippen molar-refractivity contribution in [3.63, 3.8) is 0 Å². The van der Waals surface area contributed by atoms with Gasteiger partial charge >= 0.3 is 0 Å². The van der Waals surface area contributed by atoms with Gasteiger partial charge in [0.15, 0.2) is 0 Å². The van der Waals surface area contributed by atoms with Gasteiger partial charge in [0.1, 0.15) is 5.15 Å². The summed E-state index contributed by atoms with van der Waals surface area (Å²) in [6, 6.07) is 12.6. The number of anilines is 1. The first-order valence-corrected chi connectivity index (χ1v) is 6.67. The number of carbonyl (C=O) groups excluding carboxylic acids is 1. The average Bonchev–Trinajstić information content (AvgIpc) is 2.43. The number of amides is 1. The Kier molecular flexibility index (Phi) is 4.71. The number of nitrogens with one attached hydrogen (secondary N) is 1. The Balaban J connectivity index is 1.99. The molecule has 1 unspecified atom stereocenters. The number of halogens is 1. The molecule has 20 heavy (non-hydrogen) atoms. The smallest absolute Gasteiger partial charge is 0.226 e. The predicted octanol–water partition coefficient (Wildman–Crippen LogP) is 3.07. The fourth-order valence-electron chi connectivity index (χ4n) is 1.88. The van der Waals surface area contributed by atoms with Crippen molar-refractivity contribution in [2.24, 2.45) is 5.73 Å². The van der Waals surface area contributed by atoms with Gasteiger partial charge in [0.25, 0.3) is 0 Å². The maximum atomic E-state index is 12.0. The van der Waals surface area contributed by atoms with Crippen molar-refractivity contribution < 1.29 is 4.79 Å². The minimum Gasteiger partial charge on any atom is -0.324 e. The molecule has 1 heterocycles. The van der Waals surface area contributed by atoms with E-state index in [2.05, 4.69) is 10.3 Å². The van der Waals surface area contributed by atoms with Gasteiger partial charge in [-0.2, -0.15) is 0 Å². The van der Waals surface area contributed by atoms with Crippen molar-refractivity contribution in [1.82, 2.24) is 4.98 Å². The Morgan fingerprint density at radius 1 is 1.30 bits per heavy atom. The summed E-state index contributed by atoms with van der Waals surface area (Å²) in [6.07, 6.45) is 0.214. The van der Waals surface area contributed by atoms with Gasteiger partial charge in [-0.1, -0.05) is 41.9 Å². The molecule has 2 aromatic rings. The van der Waals surface area contributed by atoms with Gasteiger partial charge in [0, 0.05) is 12.5 Å². The van der Waals surface area contributed by atoms with E-state index in [0.717, 1.165) is 5.56 Å². The summed E-state index contributed by atoms with van der Waals surface area (Å²) >= 11 is 5.77. The number of hydrogen-bond donors (Lipinski definition) is 2. The van der Waals surface area contributed by atoms with E-state index in [4.69, 9.17) is 17.3 Å². The normalized spacial score (nSPS) is 11.9. The molecule has 0 aliphatic carbocycles. The van der Waals surface area contributed by atoms with Crippen LogP contribution >= 0.6 is 11.6 Å². The van der Waals surface area contributed by atoms with Crippen LogP contribution in [0.3, 0.4) is 0 Å². The molecule has 2 rings (SSSR count). The molecule has 3 N–H and O–H groups in total. The Bertz CT molecular complexity index is 601. The van der Waals surface area contributed by atoms with E-state index in [1.54, 1.807) is 19.1 Å². The molecule has 5 heteroatoms. The molecule has 1 amide bonds. The van der Waals surface area contributed by atoms with Crippen LogP contribution in [0.4, 0.5) is 5.69 Å². The van der Waals surface area contributed by atoms with Gasteiger partial charge in [0.05, 0.1) is 11.4 Å². The highest BCUT2D eigenvalue weighted by atomic mass is 35.5. The molecule has 0 bridgehead atoms. The summed E-state index contributed by atoms with van der Waals surface area (Å²) in [6.45, 7) is 1.79. The van der Waals surface area contributed by atoms with Crippen LogP contribution in [0.1, 0.15) is 23.7 Å². The van der Waals surface area contributed by atoms with Crippen molar-refractivity contribution in [2.75, 3.05) is 5.32 Å². The second kappa shape index (κ2) is 6.50. The van der Waals surface area contributed by atoms with Crippen LogP contribution in [0.5, 0.6) is 0 Å². The molecule has 0 spiro atoms. The minimum absolute atomic E-state index is 0.145. The fraction of sp³-hybridized carbons (Fsp3) is 0.200.